The number of fused-ring (bicyclic) bond motifs is 6. The first kappa shape index (κ1) is 30.1. The third-order valence-corrected chi connectivity index (χ3v) is 8.99. The molecule has 1 aromatic heterocycles. The Bertz CT molecular complexity index is 1420. The Morgan fingerprint density at radius 1 is 1.07 bits per heavy atom. The first-order valence-corrected chi connectivity index (χ1v) is 14.7. The highest BCUT2D eigenvalue weighted by Crippen LogP contribution is 2.27. The van der Waals surface area contributed by atoms with Gasteiger partial charge in [-0.15, -0.1) is 0 Å². The molecule has 4 fully saturated rings. The number of aliphatic hydroxyl groups excluding tert-OH is 2. The molecule has 7 atom stereocenters. The van der Waals surface area contributed by atoms with Gasteiger partial charge >= 0.3 is 0 Å². The van der Waals surface area contributed by atoms with Crippen LogP contribution >= 0.6 is 0 Å². The topological polar surface area (TPSA) is 170 Å². The van der Waals surface area contributed by atoms with Crippen molar-refractivity contribution in [3.8, 4) is 0 Å². The van der Waals surface area contributed by atoms with Crippen LogP contribution in [0.3, 0.4) is 0 Å². The van der Waals surface area contributed by atoms with Crippen molar-refractivity contribution >= 4 is 23.6 Å². The summed E-state index contributed by atoms with van der Waals surface area (Å²) in [5, 5.41) is 26.9. The zero-order chi connectivity index (χ0) is 31.1. The van der Waals surface area contributed by atoms with Gasteiger partial charge in [-0.05, 0) is 30.7 Å². The molecule has 44 heavy (non-hydrogen) atoms. The zero-order valence-electron chi connectivity index (χ0n) is 24.2. The van der Waals surface area contributed by atoms with E-state index in [4.69, 9.17) is 4.74 Å². The molecule has 4 aliphatic rings. The Morgan fingerprint density at radius 2 is 1.82 bits per heavy atom. The molecule has 0 spiro atoms. The van der Waals surface area contributed by atoms with Crippen molar-refractivity contribution in [2.75, 3.05) is 32.7 Å². The molecule has 15 heteroatoms. The van der Waals surface area contributed by atoms with Crippen LogP contribution in [0.4, 0.5) is 4.39 Å². The molecule has 6 bridgehead atoms. The number of rotatable bonds is 3. The van der Waals surface area contributed by atoms with Gasteiger partial charge in [0, 0.05) is 57.2 Å². The van der Waals surface area contributed by atoms with Crippen LogP contribution in [0.15, 0.2) is 36.7 Å². The van der Waals surface area contributed by atoms with E-state index in [1.54, 1.807) is 17.3 Å². The zero-order valence-corrected chi connectivity index (χ0v) is 24.2. The van der Waals surface area contributed by atoms with Crippen LogP contribution in [0.1, 0.15) is 29.0 Å². The van der Waals surface area contributed by atoms with Gasteiger partial charge in [-0.1, -0.05) is 0 Å². The normalized spacial score (nSPS) is 31.6. The van der Waals surface area contributed by atoms with E-state index in [1.165, 1.54) is 17.0 Å². The number of nitrogens with one attached hydrogen (secondary N) is 2. The maximum atomic E-state index is 14.1. The first-order chi connectivity index (χ1) is 21.1. The largest absolute Gasteiger partial charge is 0.388 e. The molecule has 4 amide bonds. The van der Waals surface area contributed by atoms with E-state index in [-0.39, 0.29) is 56.0 Å². The summed E-state index contributed by atoms with van der Waals surface area (Å²) in [5.41, 5.74) is 0.197. The van der Waals surface area contributed by atoms with Gasteiger partial charge in [0.05, 0.1) is 31.7 Å². The molecule has 4 aliphatic heterocycles. The molecule has 4 saturated heterocycles. The molecule has 0 unspecified atom stereocenters. The lowest BCUT2D eigenvalue weighted by Crippen LogP contribution is -2.63. The van der Waals surface area contributed by atoms with Gasteiger partial charge in [0.2, 0.25) is 17.7 Å². The van der Waals surface area contributed by atoms with E-state index < -0.39 is 54.1 Å². The Balaban J connectivity index is 1.30. The summed E-state index contributed by atoms with van der Waals surface area (Å²) in [5.74, 6) is -1.46. The quantitative estimate of drug-likeness (QED) is 0.305. The molecule has 1 aromatic carbocycles. The monoisotopic (exact) mass is 613 g/mol. The van der Waals surface area contributed by atoms with Gasteiger partial charge in [0.15, 0.2) is 0 Å². The Hall–Kier alpha value is -3.92. The number of nitrogens with zero attached hydrogens (tertiary/aromatic N) is 5. The third kappa shape index (κ3) is 5.92. The summed E-state index contributed by atoms with van der Waals surface area (Å²) in [6, 6.07) is 2.91. The molecule has 4 N–H and O–H groups in total. The predicted octanol–water partition coefficient (Wildman–Crippen LogP) is -2.02. The van der Waals surface area contributed by atoms with Crippen LogP contribution in [-0.2, 0) is 32.7 Å². The lowest BCUT2D eigenvalue weighted by atomic mass is 10.0. The predicted molar refractivity (Wildman–Crippen MR) is 150 cm³/mol. The highest BCUT2D eigenvalue weighted by atomic mass is 19.1. The number of imidazole rings is 1. The second kappa shape index (κ2) is 12.2. The molecule has 0 aliphatic carbocycles. The lowest BCUT2D eigenvalue weighted by Gasteiger charge is -2.42. The number of hydrogen-bond donors (Lipinski definition) is 4. The average Bonchev–Trinajstić information content (AvgIpc) is 3.68. The number of aromatic nitrogens is 2. The Labute approximate surface area is 252 Å². The smallest absolute Gasteiger partial charge is 0.254 e. The average molecular weight is 614 g/mol. The SMILES string of the molecule is Cn1ccnc1CN1C[C@@H]2C[C@H]1C(=O)N1CCN(C(=O)c3ccc(F)cc3)[C@@H](C1)C(=O)NC[C@H]1O[C@@H](CC(=O)N2)[C@H](O)[C@@H]1O. The van der Waals surface area contributed by atoms with Crippen molar-refractivity contribution in [1.82, 2.24) is 34.9 Å². The number of halogens is 1. The van der Waals surface area contributed by atoms with Crippen LogP contribution in [-0.4, -0.2) is 133 Å². The molecule has 0 radical (unpaired) electrons. The van der Waals surface area contributed by atoms with Gasteiger partial charge in [-0.25, -0.2) is 9.37 Å². The standard InChI is InChI=1S/C29H36FN7O7/c1-34-7-6-31-23(34)15-36-13-18-10-19(36)29(43)35-8-9-37(28(42)16-2-4-17(30)5-3-16)20(14-35)27(41)32-12-22-26(40)25(39)21(44-22)11-24(38)33-18/h2-7,18-22,25-26,39-40H,8-15H2,1H3,(H,32,41)(H,33,38)/t18-,19-,20-,21-,22+,25-,26+/m0/s1. The summed E-state index contributed by atoms with van der Waals surface area (Å²) in [4.78, 5) is 63.5. The van der Waals surface area contributed by atoms with Gasteiger partial charge < -0.3 is 40.0 Å². The van der Waals surface area contributed by atoms with Crippen molar-refractivity contribution in [1.29, 1.82) is 0 Å². The minimum absolute atomic E-state index is 0.0512. The van der Waals surface area contributed by atoms with E-state index in [0.717, 1.165) is 18.0 Å². The van der Waals surface area contributed by atoms with E-state index in [2.05, 4.69) is 15.6 Å². The molecule has 236 valence electrons. The van der Waals surface area contributed by atoms with Crippen LogP contribution < -0.4 is 10.6 Å². The van der Waals surface area contributed by atoms with E-state index in [0.29, 0.717) is 19.5 Å². The highest BCUT2D eigenvalue weighted by molar-refractivity contribution is 5.98. The van der Waals surface area contributed by atoms with Crippen molar-refractivity contribution in [3.05, 3.63) is 53.9 Å². The maximum Gasteiger partial charge on any atom is 0.254 e. The van der Waals surface area contributed by atoms with Crippen molar-refractivity contribution in [3.63, 3.8) is 0 Å². The summed E-state index contributed by atoms with van der Waals surface area (Å²) in [6.45, 7) is 0.633. The number of carbonyl (C=O) groups is 4. The number of amides is 4. The van der Waals surface area contributed by atoms with Crippen LogP contribution in [0.5, 0.6) is 0 Å². The van der Waals surface area contributed by atoms with E-state index in [1.807, 2.05) is 16.5 Å². The number of aliphatic hydroxyl groups is 2. The molecule has 5 heterocycles. The van der Waals surface area contributed by atoms with Crippen LogP contribution in [0.2, 0.25) is 0 Å². The van der Waals surface area contributed by atoms with Crippen LogP contribution in [0.25, 0.3) is 0 Å². The molecule has 0 saturated carbocycles. The van der Waals surface area contributed by atoms with Gasteiger partial charge in [-0.3, -0.25) is 24.1 Å². The van der Waals surface area contributed by atoms with Gasteiger partial charge in [0.25, 0.3) is 5.91 Å². The van der Waals surface area contributed by atoms with Crippen molar-refractivity contribution < 1.29 is 38.5 Å². The lowest BCUT2D eigenvalue weighted by molar-refractivity contribution is -0.141. The summed E-state index contributed by atoms with van der Waals surface area (Å²) in [6.07, 6.45) is -1.13. The Kier molecular flexibility index (Phi) is 8.37. The van der Waals surface area contributed by atoms with Crippen LogP contribution in [0, 0.1) is 5.82 Å². The van der Waals surface area contributed by atoms with E-state index in [9.17, 15) is 33.8 Å². The number of aryl methyl sites for hydroxylation is 1. The van der Waals surface area contributed by atoms with Crippen molar-refractivity contribution in [2.45, 2.75) is 61.9 Å². The number of hydrogen-bond acceptors (Lipinski definition) is 9. The second-order valence-electron chi connectivity index (χ2n) is 11.8. The summed E-state index contributed by atoms with van der Waals surface area (Å²) >= 11 is 0. The molecular formula is C29H36FN7O7. The fourth-order valence-corrected chi connectivity index (χ4v) is 6.54. The number of benzene rings is 1. The Morgan fingerprint density at radius 3 is 2.55 bits per heavy atom. The summed E-state index contributed by atoms with van der Waals surface area (Å²) in [7, 11) is 1.85. The minimum Gasteiger partial charge on any atom is -0.388 e. The highest BCUT2D eigenvalue weighted by Gasteiger charge is 2.47. The molecule has 2 aromatic rings. The third-order valence-electron chi connectivity index (χ3n) is 8.99. The number of carbonyl (C=O) groups excluding carboxylic acids is 4. The maximum absolute atomic E-state index is 14.1. The number of piperazine rings is 1. The summed E-state index contributed by atoms with van der Waals surface area (Å²) < 4.78 is 21.2. The van der Waals surface area contributed by atoms with Crippen molar-refractivity contribution in [2.24, 2.45) is 7.05 Å². The van der Waals surface area contributed by atoms with Gasteiger partial charge in [0.1, 0.15) is 36.0 Å². The van der Waals surface area contributed by atoms with E-state index >= 15 is 0 Å². The van der Waals surface area contributed by atoms with Gasteiger partial charge in [-0.2, -0.15) is 0 Å². The molecule has 14 nitrogen and oxygen atoms in total. The number of ether oxygens (including phenoxy) is 1. The minimum atomic E-state index is -1.35. The number of likely N-dealkylation sites (tertiary alicyclic amines) is 1. The molecular weight excluding hydrogens is 577 g/mol. The second-order valence-corrected chi connectivity index (χ2v) is 11.8. The first-order valence-electron chi connectivity index (χ1n) is 14.7. The fraction of sp³-hybridized carbons (Fsp3) is 0.552. The fourth-order valence-electron chi connectivity index (χ4n) is 6.54. The molecule has 6 rings (SSSR count).